The van der Waals surface area contributed by atoms with E-state index < -0.39 is 17.4 Å². The minimum Gasteiger partial charge on any atom is -0.282 e. The Morgan fingerprint density at radius 3 is 1.28 bits per heavy atom. The van der Waals surface area contributed by atoms with E-state index in [4.69, 9.17) is 0 Å². The second-order valence-corrected chi connectivity index (χ2v) is 16.3. The molecule has 0 aromatic heterocycles. The van der Waals surface area contributed by atoms with Gasteiger partial charge in [-0.1, -0.05) is 138 Å². The van der Waals surface area contributed by atoms with Crippen molar-refractivity contribution in [2.75, 3.05) is 6.16 Å². The molecule has 0 saturated carbocycles. The van der Waals surface area contributed by atoms with E-state index in [1.165, 1.54) is 73.3 Å². The van der Waals surface area contributed by atoms with Gasteiger partial charge in [0.2, 0.25) is 0 Å². The topological polar surface area (TPSA) is 54.4 Å². The van der Waals surface area contributed by atoms with Gasteiger partial charge in [-0.3, -0.25) is 4.55 Å². The molecule has 0 atom stereocenters. The van der Waals surface area contributed by atoms with Crippen molar-refractivity contribution in [1.82, 2.24) is 0 Å². The van der Waals surface area contributed by atoms with Crippen LogP contribution in [0.3, 0.4) is 0 Å². The van der Waals surface area contributed by atoms with Crippen LogP contribution in [0.15, 0.2) is 120 Å². The summed E-state index contributed by atoms with van der Waals surface area (Å²) in [5.74, 6) is 0. The van der Waals surface area contributed by atoms with Crippen LogP contribution in [0.5, 0.6) is 0 Å². The molecule has 0 aliphatic rings. The van der Waals surface area contributed by atoms with Gasteiger partial charge in [0.25, 0.3) is 10.1 Å². The Bertz CT molecular complexity index is 1310. The molecule has 4 aromatic rings. The lowest BCUT2D eigenvalue weighted by atomic mass is 10.0. The van der Waals surface area contributed by atoms with E-state index in [2.05, 4.69) is 105 Å². The molecule has 4 rings (SSSR count). The maximum atomic E-state index is 11.3. The zero-order chi connectivity index (χ0) is 30.8. The van der Waals surface area contributed by atoms with E-state index in [-0.39, 0.29) is 4.90 Å². The quantitative estimate of drug-likeness (QED) is 0.0774. The van der Waals surface area contributed by atoms with E-state index in [1.807, 2.05) is 6.07 Å². The highest BCUT2D eigenvalue weighted by molar-refractivity contribution is 7.95. The second-order valence-electron chi connectivity index (χ2n) is 11.1. The van der Waals surface area contributed by atoms with Crippen LogP contribution >= 0.6 is 7.26 Å². The van der Waals surface area contributed by atoms with Crippen molar-refractivity contribution in [2.24, 2.45) is 0 Å². The van der Waals surface area contributed by atoms with Crippen molar-refractivity contribution in [3.63, 3.8) is 0 Å². The Morgan fingerprint density at radius 2 is 0.884 bits per heavy atom. The van der Waals surface area contributed by atoms with Gasteiger partial charge < -0.3 is 0 Å². The zero-order valence-electron chi connectivity index (χ0n) is 26.1. The maximum Gasteiger partial charge on any atom is 0.294 e. The molecule has 0 heterocycles. The molecular weight excluding hydrogens is 567 g/mol. The highest BCUT2D eigenvalue weighted by atomic mass is 32.2. The van der Waals surface area contributed by atoms with Crippen molar-refractivity contribution in [1.29, 1.82) is 0 Å². The van der Waals surface area contributed by atoms with Gasteiger partial charge in [-0.05, 0) is 67.8 Å². The third-order valence-corrected chi connectivity index (χ3v) is 13.6. The summed E-state index contributed by atoms with van der Waals surface area (Å²) >= 11 is 0. The van der Waals surface area contributed by atoms with Crippen molar-refractivity contribution in [3.05, 3.63) is 121 Å². The Morgan fingerprint density at radius 1 is 0.512 bits per heavy atom. The van der Waals surface area contributed by atoms with Crippen molar-refractivity contribution in [3.8, 4) is 0 Å². The SMILES string of the molecule is CCCCCCCCCCCCc1ccccc1S(=O)(=O)O.CC[P+](c1ccccc1)(c1ccccc1)c1ccccc1. The lowest BCUT2D eigenvalue weighted by Gasteiger charge is -2.26. The van der Waals surface area contributed by atoms with Gasteiger partial charge >= 0.3 is 0 Å². The Hall–Kier alpha value is -2.78. The molecule has 1 N–H and O–H groups in total. The molecule has 43 heavy (non-hydrogen) atoms. The number of hydrogen-bond donors (Lipinski definition) is 1. The molecule has 230 valence electrons. The fourth-order valence-corrected chi connectivity index (χ4v) is 10.6. The summed E-state index contributed by atoms with van der Waals surface area (Å²) in [4.78, 5) is 0.0610. The Kier molecular flexibility index (Phi) is 15.2. The summed E-state index contributed by atoms with van der Waals surface area (Å²) in [5.41, 5.74) is 0.726. The van der Waals surface area contributed by atoms with Crippen LogP contribution in [0.25, 0.3) is 0 Å². The number of benzene rings is 4. The summed E-state index contributed by atoms with van der Waals surface area (Å²) in [7, 11) is -5.63. The smallest absolute Gasteiger partial charge is 0.282 e. The largest absolute Gasteiger partial charge is 0.294 e. The van der Waals surface area contributed by atoms with Gasteiger partial charge in [0.1, 0.15) is 23.2 Å². The van der Waals surface area contributed by atoms with Gasteiger partial charge in [0.05, 0.1) is 11.1 Å². The molecular formula is C38H50O3PS+. The summed E-state index contributed by atoms with van der Waals surface area (Å²) in [6.45, 7) is 4.56. The number of hydrogen-bond acceptors (Lipinski definition) is 2. The van der Waals surface area contributed by atoms with Gasteiger partial charge in [0, 0.05) is 0 Å². The monoisotopic (exact) mass is 617 g/mol. The predicted octanol–water partition coefficient (Wildman–Crippen LogP) is 9.40. The van der Waals surface area contributed by atoms with Gasteiger partial charge in [0.15, 0.2) is 0 Å². The highest BCUT2D eigenvalue weighted by Crippen LogP contribution is 2.54. The molecule has 0 saturated heterocycles. The third-order valence-electron chi connectivity index (χ3n) is 8.12. The first-order valence-electron chi connectivity index (χ1n) is 16.0. The molecule has 0 aliphatic heterocycles. The first-order chi connectivity index (χ1) is 20.9. The Labute approximate surface area is 261 Å². The van der Waals surface area contributed by atoms with E-state index in [9.17, 15) is 13.0 Å². The van der Waals surface area contributed by atoms with E-state index in [0.29, 0.717) is 6.42 Å². The number of unbranched alkanes of at least 4 members (excludes halogenated alkanes) is 9. The molecule has 4 aromatic carbocycles. The molecule has 0 amide bonds. The van der Waals surface area contributed by atoms with Gasteiger partial charge in [-0.15, -0.1) is 0 Å². The van der Waals surface area contributed by atoms with Crippen LogP contribution in [-0.2, 0) is 16.5 Å². The average molecular weight is 618 g/mol. The molecule has 3 nitrogen and oxygen atoms in total. The number of rotatable bonds is 16. The second kappa shape index (κ2) is 18.8. The fraction of sp³-hybridized carbons (Fsp3) is 0.368. The molecule has 0 aliphatic carbocycles. The van der Waals surface area contributed by atoms with Crippen molar-refractivity contribution < 1.29 is 13.0 Å². The lowest BCUT2D eigenvalue weighted by Crippen LogP contribution is -2.32. The van der Waals surface area contributed by atoms with Crippen LogP contribution in [0, 0.1) is 0 Å². The average Bonchev–Trinajstić information content (AvgIpc) is 3.04. The summed E-state index contributed by atoms with van der Waals surface area (Å²) < 4.78 is 31.8. The van der Waals surface area contributed by atoms with Crippen molar-refractivity contribution >= 4 is 33.3 Å². The van der Waals surface area contributed by atoms with Crippen LogP contribution < -0.4 is 15.9 Å². The third kappa shape index (κ3) is 10.7. The summed E-state index contributed by atoms with van der Waals surface area (Å²) in [6, 6.07) is 39.7. The zero-order valence-corrected chi connectivity index (χ0v) is 27.8. The minimum absolute atomic E-state index is 0.0610. The Balaban J connectivity index is 0.000000235. The summed E-state index contributed by atoms with van der Waals surface area (Å²) in [5, 5.41) is 4.39. The lowest BCUT2D eigenvalue weighted by molar-refractivity contribution is 0.481. The molecule has 0 fully saturated rings. The molecule has 5 heteroatoms. The molecule has 0 unspecified atom stereocenters. The van der Waals surface area contributed by atoms with E-state index in [0.717, 1.165) is 24.6 Å². The van der Waals surface area contributed by atoms with Crippen LogP contribution in [0.2, 0.25) is 0 Å². The summed E-state index contributed by atoms with van der Waals surface area (Å²) in [6.07, 6.45) is 14.5. The molecule has 0 radical (unpaired) electrons. The maximum absolute atomic E-state index is 11.3. The minimum atomic E-state index is -4.10. The van der Waals surface area contributed by atoms with E-state index >= 15 is 0 Å². The molecule has 0 spiro atoms. The normalized spacial score (nSPS) is 11.5. The van der Waals surface area contributed by atoms with Gasteiger partial charge in [-0.2, -0.15) is 8.42 Å². The molecule has 0 bridgehead atoms. The fourth-order valence-electron chi connectivity index (χ4n) is 5.81. The van der Waals surface area contributed by atoms with Crippen LogP contribution in [0.1, 0.15) is 83.6 Å². The first kappa shape index (κ1) is 34.7. The standard InChI is InChI=1S/C20H20P.C18H30O3S/c1-2-21(18-12-6-3-7-13-18,19-14-8-4-9-15-19)20-16-10-5-11-17-20;1-2-3-4-5-6-7-8-9-10-11-14-17-15-12-13-16-18(17)22(19,20)21/h3-17H,2H2,1H3;12-13,15-16H,2-11,14H2,1H3,(H,19,20,21)/q+1;. The van der Waals surface area contributed by atoms with E-state index in [1.54, 1.807) is 12.1 Å². The highest BCUT2D eigenvalue weighted by Gasteiger charge is 2.43. The predicted molar refractivity (Wildman–Crippen MR) is 187 cm³/mol. The van der Waals surface area contributed by atoms with Crippen LogP contribution in [0.4, 0.5) is 0 Å². The van der Waals surface area contributed by atoms with Crippen molar-refractivity contribution in [2.45, 2.75) is 89.4 Å². The van der Waals surface area contributed by atoms with Gasteiger partial charge in [-0.25, -0.2) is 0 Å². The first-order valence-corrected chi connectivity index (χ1v) is 19.4. The number of aryl methyl sites for hydroxylation is 1. The van der Waals surface area contributed by atoms with Crippen LogP contribution in [-0.4, -0.2) is 19.1 Å².